The third-order valence-electron chi connectivity index (χ3n) is 4.20. The Morgan fingerprint density at radius 3 is 2.67 bits per heavy atom. The van der Waals surface area contributed by atoms with Gasteiger partial charge in [-0.15, -0.1) is 11.3 Å². The van der Waals surface area contributed by atoms with Gasteiger partial charge in [-0.3, -0.25) is 10.1 Å². The Balaban J connectivity index is 1.53. The first-order valence-corrected chi connectivity index (χ1v) is 11.6. The molecular formula is C21H19N3O4S2. The number of nitrogens with one attached hydrogen (secondary N) is 2. The van der Waals surface area contributed by atoms with E-state index < -0.39 is 15.9 Å². The number of para-hydroxylation sites is 1. The van der Waals surface area contributed by atoms with Gasteiger partial charge in [-0.2, -0.15) is 0 Å². The summed E-state index contributed by atoms with van der Waals surface area (Å²) in [7, 11) is -3.69. The standard InChI is InChI=1S/C21H19N3O4S2/c1-13(2)24-30(26,27)16-8-5-7-15(10-16)20(25)23-21-22-17(12-29-21)19-11-14-6-3-4-9-18(14)28-19/h3-13,24H,1-2H3,(H,22,23,25). The van der Waals surface area contributed by atoms with Gasteiger partial charge in [0.05, 0.1) is 4.90 Å². The Hall–Kier alpha value is -3.01. The molecule has 7 nitrogen and oxygen atoms in total. The first kappa shape index (κ1) is 20.3. The molecule has 4 rings (SSSR count). The molecule has 1 amide bonds. The highest BCUT2D eigenvalue weighted by Crippen LogP contribution is 2.30. The summed E-state index contributed by atoms with van der Waals surface area (Å²) in [6.07, 6.45) is 0. The average molecular weight is 442 g/mol. The van der Waals surface area contributed by atoms with Gasteiger partial charge in [-0.25, -0.2) is 18.1 Å². The maximum absolute atomic E-state index is 12.6. The lowest BCUT2D eigenvalue weighted by atomic mass is 10.2. The zero-order valence-corrected chi connectivity index (χ0v) is 17.9. The van der Waals surface area contributed by atoms with Crippen molar-refractivity contribution < 1.29 is 17.6 Å². The van der Waals surface area contributed by atoms with E-state index in [1.165, 1.54) is 29.5 Å². The molecule has 0 aliphatic carbocycles. The number of fused-ring (bicyclic) bond motifs is 1. The van der Waals surface area contributed by atoms with Crippen LogP contribution in [0.25, 0.3) is 22.4 Å². The fraction of sp³-hybridized carbons (Fsp3) is 0.143. The van der Waals surface area contributed by atoms with Crippen LogP contribution in [0.15, 0.2) is 69.3 Å². The van der Waals surface area contributed by atoms with Crippen molar-refractivity contribution >= 4 is 43.4 Å². The number of anilines is 1. The lowest BCUT2D eigenvalue weighted by Gasteiger charge is -2.10. The molecule has 0 spiro atoms. The average Bonchev–Trinajstić information content (AvgIpc) is 3.33. The molecule has 0 saturated heterocycles. The van der Waals surface area contributed by atoms with E-state index >= 15 is 0 Å². The van der Waals surface area contributed by atoms with Gasteiger partial charge in [-0.1, -0.05) is 24.3 Å². The van der Waals surface area contributed by atoms with Crippen molar-refractivity contribution in [1.29, 1.82) is 0 Å². The number of nitrogens with zero attached hydrogens (tertiary/aromatic N) is 1. The molecular weight excluding hydrogens is 422 g/mol. The third kappa shape index (κ3) is 4.28. The Morgan fingerprint density at radius 1 is 1.10 bits per heavy atom. The maximum atomic E-state index is 12.6. The minimum Gasteiger partial charge on any atom is -0.454 e. The number of carbonyl (C=O) groups excluding carboxylic acids is 1. The quantitative estimate of drug-likeness (QED) is 0.459. The highest BCUT2D eigenvalue weighted by Gasteiger charge is 2.18. The fourth-order valence-electron chi connectivity index (χ4n) is 2.90. The molecule has 2 aromatic heterocycles. The molecule has 2 N–H and O–H groups in total. The molecule has 154 valence electrons. The molecule has 0 fully saturated rings. The summed E-state index contributed by atoms with van der Waals surface area (Å²) in [4.78, 5) is 17.1. The van der Waals surface area contributed by atoms with Crippen molar-refractivity contribution in [3.8, 4) is 11.5 Å². The summed E-state index contributed by atoms with van der Waals surface area (Å²) in [6, 6.07) is 15.2. The Kier molecular flexibility index (Phi) is 5.42. The molecule has 30 heavy (non-hydrogen) atoms. The highest BCUT2D eigenvalue weighted by atomic mass is 32.2. The van der Waals surface area contributed by atoms with Gasteiger partial charge in [0.1, 0.15) is 11.3 Å². The van der Waals surface area contributed by atoms with Crippen LogP contribution >= 0.6 is 11.3 Å². The van der Waals surface area contributed by atoms with Gasteiger partial charge in [0.15, 0.2) is 10.9 Å². The fourth-order valence-corrected chi connectivity index (χ4v) is 4.90. The third-order valence-corrected chi connectivity index (χ3v) is 6.61. The number of amides is 1. The smallest absolute Gasteiger partial charge is 0.257 e. The van der Waals surface area contributed by atoms with E-state index in [2.05, 4.69) is 15.0 Å². The number of thiazole rings is 1. The highest BCUT2D eigenvalue weighted by molar-refractivity contribution is 7.89. The van der Waals surface area contributed by atoms with E-state index in [0.717, 1.165) is 11.0 Å². The van der Waals surface area contributed by atoms with Crippen LogP contribution in [0.5, 0.6) is 0 Å². The Labute approximate surface area is 177 Å². The van der Waals surface area contributed by atoms with E-state index in [4.69, 9.17) is 4.42 Å². The van der Waals surface area contributed by atoms with Gasteiger partial charge in [0, 0.05) is 22.4 Å². The number of carbonyl (C=O) groups is 1. The molecule has 0 radical (unpaired) electrons. The molecule has 0 unspecified atom stereocenters. The second-order valence-electron chi connectivity index (χ2n) is 6.94. The minimum atomic E-state index is -3.69. The van der Waals surface area contributed by atoms with E-state index in [1.54, 1.807) is 25.3 Å². The zero-order chi connectivity index (χ0) is 21.3. The molecule has 4 aromatic rings. The summed E-state index contributed by atoms with van der Waals surface area (Å²) in [5.41, 5.74) is 1.60. The summed E-state index contributed by atoms with van der Waals surface area (Å²) >= 11 is 1.26. The normalized spacial score (nSPS) is 11.8. The molecule has 0 saturated carbocycles. The number of rotatable bonds is 6. The van der Waals surface area contributed by atoms with Crippen LogP contribution in [-0.2, 0) is 10.0 Å². The minimum absolute atomic E-state index is 0.0333. The van der Waals surface area contributed by atoms with Crippen LogP contribution in [0.2, 0.25) is 0 Å². The van der Waals surface area contributed by atoms with Crippen LogP contribution in [0.3, 0.4) is 0 Å². The van der Waals surface area contributed by atoms with Crippen LogP contribution in [0.1, 0.15) is 24.2 Å². The number of hydrogen-bond donors (Lipinski definition) is 2. The predicted molar refractivity (Wildman–Crippen MR) is 117 cm³/mol. The SMILES string of the molecule is CC(C)NS(=O)(=O)c1cccc(C(=O)Nc2nc(-c3cc4ccccc4o3)cs2)c1. The number of furan rings is 1. The molecule has 0 aliphatic heterocycles. The van der Waals surface area contributed by atoms with Gasteiger partial charge in [0.25, 0.3) is 5.91 Å². The van der Waals surface area contributed by atoms with Crippen LogP contribution in [0.4, 0.5) is 5.13 Å². The maximum Gasteiger partial charge on any atom is 0.257 e. The van der Waals surface area contributed by atoms with Gasteiger partial charge in [0.2, 0.25) is 10.0 Å². The van der Waals surface area contributed by atoms with Gasteiger partial charge >= 0.3 is 0 Å². The van der Waals surface area contributed by atoms with Crippen molar-refractivity contribution in [2.24, 2.45) is 0 Å². The summed E-state index contributed by atoms with van der Waals surface area (Å²) in [5, 5.41) is 5.87. The van der Waals surface area contributed by atoms with Crippen molar-refractivity contribution in [3.05, 3.63) is 65.5 Å². The van der Waals surface area contributed by atoms with Crippen molar-refractivity contribution in [3.63, 3.8) is 0 Å². The van der Waals surface area contributed by atoms with Crippen molar-refractivity contribution in [2.45, 2.75) is 24.8 Å². The Bertz CT molecular complexity index is 1290. The lowest BCUT2D eigenvalue weighted by molar-refractivity contribution is 0.102. The number of hydrogen-bond acceptors (Lipinski definition) is 6. The number of sulfonamides is 1. The summed E-state index contributed by atoms with van der Waals surface area (Å²) in [6.45, 7) is 3.46. The monoisotopic (exact) mass is 441 g/mol. The molecule has 9 heteroatoms. The second-order valence-corrected chi connectivity index (χ2v) is 9.52. The molecule has 2 aromatic carbocycles. The number of aromatic nitrogens is 1. The molecule has 0 atom stereocenters. The summed E-state index contributed by atoms with van der Waals surface area (Å²) < 4.78 is 33.0. The summed E-state index contributed by atoms with van der Waals surface area (Å²) in [5.74, 6) is 0.169. The Morgan fingerprint density at radius 2 is 1.90 bits per heavy atom. The van der Waals surface area contributed by atoms with E-state index in [0.29, 0.717) is 16.6 Å². The second kappa shape index (κ2) is 8.02. The van der Waals surface area contributed by atoms with Crippen LogP contribution < -0.4 is 10.0 Å². The van der Waals surface area contributed by atoms with Crippen molar-refractivity contribution in [1.82, 2.24) is 9.71 Å². The predicted octanol–water partition coefficient (Wildman–Crippen LogP) is 4.50. The van der Waals surface area contributed by atoms with E-state index in [1.807, 2.05) is 30.3 Å². The molecule has 2 heterocycles. The lowest BCUT2D eigenvalue weighted by Crippen LogP contribution is -2.30. The van der Waals surface area contributed by atoms with Crippen LogP contribution in [0, 0.1) is 0 Å². The van der Waals surface area contributed by atoms with E-state index in [-0.39, 0.29) is 16.5 Å². The van der Waals surface area contributed by atoms with Gasteiger partial charge in [-0.05, 0) is 44.2 Å². The van der Waals surface area contributed by atoms with Crippen LogP contribution in [-0.4, -0.2) is 25.4 Å². The van der Waals surface area contributed by atoms with Crippen molar-refractivity contribution in [2.75, 3.05) is 5.32 Å². The first-order valence-electron chi connectivity index (χ1n) is 9.20. The zero-order valence-electron chi connectivity index (χ0n) is 16.2. The van der Waals surface area contributed by atoms with Gasteiger partial charge < -0.3 is 4.42 Å². The largest absolute Gasteiger partial charge is 0.454 e. The van der Waals surface area contributed by atoms with E-state index in [9.17, 15) is 13.2 Å². The topological polar surface area (TPSA) is 101 Å². The first-order chi connectivity index (χ1) is 14.3. The number of benzene rings is 2. The molecule has 0 bridgehead atoms. The molecule has 0 aliphatic rings.